The minimum Gasteiger partial charge on any atom is -0.317 e. The monoisotopic (exact) mass is 255 g/mol. The summed E-state index contributed by atoms with van der Waals surface area (Å²) in [4.78, 5) is 0. The highest BCUT2D eigenvalue weighted by atomic mass is 79.9. The minimum atomic E-state index is 0.612. The van der Waals surface area contributed by atoms with Crippen molar-refractivity contribution in [2.45, 2.75) is 32.2 Å². The van der Waals surface area contributed by atoms with Gasteiger partial charge in [-0.2, -0.15) is 0 Å². The first-order valence-electron chi connectivity index (χ1n) is 5.18. The summed E-state index contributed by atoms with van der Waals surface area (Å²) in [6.45, 7) is 2.23. The largest absolute Gasteiger partial charge is 0.317 e. The van der Waals surface area contributed by atoms with Crippen molar-refractivity contribution in [1.29, 1.82) is 0 Å². The van der Waals surface area contributed by atoms with Gasteiger partial charge in [0.1, 0.15) is 0 Å². The summed E-state index contributed by atoms with van der Waals surface area (Å²) in [5.74, 6) is 0. The first-order chi connectivity index (χ1) is 6.76. The van der Waals surface area contributed by atoms with Gasteiger partial charge in [-0.15, -0.1) is 0 Å². The molecule has 0 aliphatic heterocycles. The fourth-order valence-corrected chi connectivity index (χ4v) is 1.87. The molecule has 0 aliphatic carbocycles. The number of nitrogens with one attached hydrogen (secondary N) is 1. The summed E-state index contributed by atoms with van der Waals surface area (Å²) in [5, 5.41) is 3.35. The van der Waals surface area contributed by atoms with Crippen LogP contribution >= 0.6 is 15.9 Å². The van der Waals surface area contributed by atoms with E-state index in [-0.39, 0.29) is 0 Å². The smallest absolute Gasteiger partial charge is 0.0175 e. The van der Waals surface area contributed by atoms with Crippen molar-refractivity contribution < 1.29 is 0 Å². The van der Waals surface area contributed by atoms with Gasteiger partial charge in [-0.3, -0.25) is 0 Å². The zero-order chi connectivity index (χ0) is 10.4. The van der Waals surface area contributed by atoms with Crippen LogP contribution < -0.4 is 5.32 Å². The molecule has 1 atom stereocenters. The fourth-order valence-electron chi connectivity index (χ4n) is 1.60. The number of benzene rings is 1. The molecule has 2 heteroatoms. The standard InChI is InChI=1S/C12H18BrN/c1-3-4-12(14-2)9-10-5-7-11(13)8-6-10/h5-8,12,14H,3-4,9H2,1-2H3. The highest BCUT2D eigenvalue weighted by Gasteiger charge is 2.05. The molecule has 0 saturated heterocycles. The maximum Gasteiger partial charge on any atom is 0.0175 e. The molecule has 0 heterocycles. The van der Waals surface area contributed by atoms with Crippen LogP contribution in [0, 0.1) is 0 Å². The van der Waals surface area contributed by atoms with Gasteiger partial charge in [-0.1, -0.05) is 41.4 Å². The van der Waals surface area contributed by atoms with Crippen LogP contribution in [0.2, 0.25) is 0 Å². The van der Waals surface area contributed by atoms with Crippen LogP contribution in [0.3, 0.4) is 0 Å². The average molecular weight is 256 g/mol. The fraction of sp³-hybridized carbons (Fsp3) is 0.500. The summed E-state index contributed by atoms with van der Waals surface area (Å²) < 4.78 is 1.15. The summed E-state index contributed by atoms with van der Waals surface area (Å²) >= 11 is 3.44. The summed E-state index contributed by atoms with van der Waals surface area (Å²) in [6, 6.07) is 9.19. The van der Waals surface area contributed by atoms with Gasteiger partial charge in [0, 0.05) is 10.5 Å². The molecule has 78 valence electrons. The van der Waals surface area contributed by atoms with Crippen LogP contribution in [0.1, 0.15) is 25.3 Å². The summed E-state index contributed by atoms with van der Waals surface area (Å²) in [7, 11) is 2.04. The lowest BCUT2D eigenvalue weighted by atomic mass is 10.0. The third-order valence-corrected chi connectivity index (χ3v) is 2.97. The number of hydrogen-bond donors (Lipinski definition) is 1. The van der Waals surface area contributed by atoms with Gasteiger partial charge in [0.05, 0.1) is 0 Å². The molecule has 1 N–H and O–H groups in total. The third kappa shape index (κ3) is 3.81. The highest BCUT2D eigenvalue weighted by molar-refractivity contribution is 9.10. The van der Waals surface area contributed by atoms with Gasteiger partial charge in [-0.05, 0) is 37.6 Å². The average Bonchev–Trinajstić information content (AvgIpc) is 2.20. The Morgan fingerprint density at radius 2 is 1.93 bits per heavy atom. The molecule has 0 aromatic heterocycles. The number of likely N-dealkylation sites (N-methyl/N-ethyl adjacent to an activating group) is 1. The van der Waals surface area contributed by atoms with Crippen molar-refractivity contribution in [3.63, 3.8) is 0 Å². The maximum atomic E-state index is 3.44. The molecular weight excluding hydrogens is 238 g/mol. The quantitative estimate of drug-likeness (QED) is 0.851. The third-order valence-electron chi connectivity index (χ3n) is 2.44. The second kappa shape index (κ2) is 6.20. The molecule has 0 aliphatic rings. The Morgan fingerprint density at radius 1 is 1.29 bits per heavy atom. The van der Waals surface area contributed by atoms with Gasteiger partial charge < -0.3 is 5.32 Å². The van der Waals surface area contributed by atoms with Gasteiger partial charge in [0.15, 0.2) is 0 Å². The number of hydrogen-bond acceptors (Lipinski definition) is 1. The van der Waals surface area contributed by atoms with E-state index in [0.717, 1.165) is 10.9 Å². The Kier molecular flexibility index (Phi) is 5.20. The molecule has 1 aromatic rings. The topological polar surface area (TPSA) is 12.0 Å². The normalized spacial score (nSPS) is 12.8. The first kappa shape index (κ1) is 11.7. The molecule has 1 rings (SSSR count). The Labute approximate surface area is 95.0 Å². The van der Waals surface area contributed by atoms with Crippen LogP contribution in [0.5, 0.6) is 0 Å². The van der Waals surface area contributed by atoms with Crippen LogP contribution in [0.4, 0.5) is 0 Å². The number of rotatable bonds is 5. The first-order valence-corrected chi connectivity index (χ1v) is 5.97. The van der Waals surface area contributed by atoms with Crippen LogP contribution in [-0.2, 0) is 6.42 Å². The molecule has 0 saturated carbocycles. The van der Waals surface area contributed by atoms with E-state index < -0.39 is 0 Å². The van der Waals surface area contributed by atoms with Gasteiger partial charge >= 0.3 is 0 Å². The Balaban J connectivity index is 2.53. The Hall–Kier alpha value is -0.340. The molecule has 0 fully saturated rings. The predicted molar refractivity (Wildman–Crippen MR) is 65.6 cm³/mol. The van der Waals surface area contributed by atoms with E-state index in [4.69, 9.17) is 0 Å². The van der Waals surface area contributed by atoms with Crippen LogP contribution in [-0.4, -0.2) is 13.1 Å². The maximum absolute atomic E-state index is 3.44. The molecule has 0 amide bonds. The number of halogens is 1. The Bertz CT molecular complexity index is 256. The second-order valence-electron chi connectivity index (χ2n) is 3.60. The second-order valence-corrected chi connectivity index (χ2v) is 4.52. The van der Waals surface area contributed by atoms with Crippen molar-refractivity contribution in [2.24, 2.45) is 0 Å². The van der Waals surface area contributed by atoms with E-state index in [1.54, 1.807) is 0 Å². The van der Waals surface area contributed by atoms with Gasteiger partial charge in [0.25, 0.3) is 0 Å². The molecule has 0 radical (unpaired) electrons. The SMILES string of the molecule is CCCC(Cc1ccc(Br)cc1)NC. The van der Waals surface area contributed by atoms with E-state index in [9.17, 15) is 0 Å². The molecule has 0 spiro atoms. The van der Waals surface area contributed by atoms with E-state index >= 15 is 0 Å². The van der Waals surface area contributed by atoms with E-state index in [0.29, 0.717) is 6.04 Å². The summed E-state index contributed by atoms with van der Waals surface area (Å²) in [6.07, 6.45) is 3.60. The molecular formula is C12H18BrN. The van der Waals surface area contributed by atoms with Crippen molar-refractivity contribution in [3.8, 4) is 0 Å². The van der Waals surface area contributed by atoms with Crippen LogP contribution in [0.25, 0.3) is 0 Å². The Morgan fingerprint density at radius 3 is 2.43 bits per heavy atom. The van der Waals surface area contributed by atoms with Gasteiger partial charge in [-0.25, -0.2) is 0 Å². The molecule has 1 unspecified atom stereocenters. The van der Waals surface area contributed by atoms with E-state index in [1.807, 2.05) is 7.05 Å². The lowest BCUT2D eigenvalue weighted by Gasteiger charge is -2.14. The van der Waals surface area contributed by atoms with E-state index in [1.165, 1.54) is 18.4 Å². The van der Waals surface area contributed by atoms with Gasteiger partial charge in [0.2, 0.25) is 0 Å². The van der Waals surface area contributed by atoms with E-state index in [2.05, 4.69) is 52.4 Å². The van der Waals surface area contributed by atoms with Crippen molar-refractivity contribution in [3.05, 3.63) is 34.3 Å². The van der Waals surface area contributed by atoms with Crippen molar-refractivity contribution in [2.75, 3.05) is 7.05 Å². The summed E-state index contributed by atoms with van der Waals surface area (Å²) in [5.41, 5.74) is 1.40. The van der Waals surface area contributed by atoms with Crippen LogP contribution in [0.15, 0.2) is 28.7 Å². The lowest BCUT2D eigenvalue weighted by molar-refractivity contribution is 0.514. The van der Waals surface area contributed by atoms with Crippen molar-refractivity contribution >= 4 is 15.9 Å². The molecule has 1 nitrogen and oxygen atoms in total. The van der Waals surface area contributed by atoms with Crippen molar-refractivity contribution in [1.82, 2.24) is 5.32 Å². The lowest BCUT2D eigenvalue weighted by Crippen LogP contribution is -2.27. The zero-order valence-electron chi connectivity index (χ0n) is 8.89. The predicted octanol–water partition coefficient (Wildman–Crippen LogP) is 3.38. The zero-order valence-corrected chi connectivity index (χ0v) is 10.5. The molecule has 1 aromatic carbocycles. The molecule has 0 bridgehead atoms. The minimum absolute atomic E-state index is 0.612. The highest BCUT2D eigenvalue weighted by Crippen LogP contribution is 2.13. The molecule has 14 heavy (non-hydrogen) atoms.